The van der Waals surface area contributed by atoms with Gasteiger partial charge in [-0.3, -0.25) is 4.79 Å². The minimum atomic E-state index is -0.818. The summed E-state index contributed by atoms with van der Waals surface area (Å²) in [4.78, 5) is 11.7. The molecule has 3 aromatic rings. The van der Waals surface area contributed by atoms with Crippen LogP contribution in [0.1, 0.15) is 12.0 Å². The Kier molecular flexibility index (Phi) is 4.90. The second-order valence-corrected chi connectivity index (χ2v) is 6.39. The van der Waals surface area contributed by atoms with E-state index in [1.807, 2.05) is 24.5 Å². The number of thioether (sulfide) groups is 1. The highest BCUT2D eigenvalue weighted by molar-refractivity contribution is 7.99. The van der Waals surface area contributed by atoms with Crippen molar-refractivity contribution >= 4 is 28.7 Å². The number of benzene rings is 2. The van der Waals surface area contributed by atoms with Gasteiger partial charge in [0, 0.05) is 17.9 Å². The second-order valence-electron chi connectivity index (χ2n) is 5.57. The predicted molar refractivity (Wildman–Crippen MR) is 97.6 cm³/mol. The summed E-state index contributed by atoms with van der Waals surface area (Å²) in [5.41, 5.74) is 2.23. The lowest BCUT2D eigenvalue weighted by atomic mass is 10.1. The van der Waals surface area contributed by atoms with Crippen molar-refractivity contribution in [2.24, 2.45) is 0 Å². The topological polar surface area (TPSA) is 79.9 Å². The lowest BCUT2D eigenvalue weighted by Gasteiger charge is -2.06. The third kappa shape index (κ3) is 3.44. The number of carboxylic acids is 1. The van der Waals surface area contributed by atoms with Gasteiger partial charge in [0.25, 0.3) is 0 Å². The highest BCUT2D eigenvalue weighted by atomic mass is 32.2. The number of hydrogen-bond acceptors (Lipinski definition) is 5. The van der Waals surface area contributed by atoms with Gasteiger partial charge in [-0.15, -0.1) is 11.8 Å². The molecule has 5 nitrogen and oxygen atoms in total. The van der Waals surface area contributed by atoms with Gasteiger partial charge in [0.2, 0.25) is 0 Å². The number of carbonyl (C=O) groups is 1. The van der Waals surface area contributed by atoms with E-state index in [0.29, 0.717) is 29.1 Å². The minimum absolute atomic E-state index is 0.0832. The second kappa shape index (κ2) is 7.11. The fourth-order valence-corrected chi connectivity index (χ4v) is 3.46. The zero-order chi connectivity index (χ0) is 18.0. The molecular formula is C19H18O5S. The maximum absolute atomic E-state index is 10.8. The number of hydrogen-bond donors (Lipinski definition) is 2. The Morgan fingerprint density at radius 1 is 1.24 bits per heavy atom. The van der Waals surface area contributed by atoms with Crippen LogP contribution in [0.15, 0.2) is 45.7 Å². The quantitative estimate of drug-likeness (QED) is 0.629. The zero-order valence-corrected chi connectivity index (χ0v) is 14.7. The number of aryl methyl sites for hydroxylation is 1. The number of aliphatic carboxylic acids is 1. The van der Waals surface area contributed by atoms with Crippen molar-refractivity contribution in [1.29, 1.82) is 0 Å². The molecule has 2 N–H and O–H groups in total. The Hall–Kier alpha value is -2.60. The molecule has 0 spiro atoms. The van der Waals surface area contributed by atoms with Gasteiger partial charge >= 0.3 is 5.97 Å². The van der Waals surface area contributed by atoms with Crippen LogP contribution in [-0.2, 0) is 11.2 Å². The van der Waals surface area contributed by atoms with Crippen molar-refractivity contribution in [3.63, 3.8) is 0 Å². The van der Waals surface area contributed by atoms with E-state index < -0.39 is 5.97 Å². The van der Waals surface area contributed by atoms with Crippen LogP contribution < -0.4 is 4.74 Å². The van der Waals surface area contributed by atoms with Crippen LogP contribution in [0.3, 0.4) is 0 Å². The van der Waals surface area contributed by atoms with Crippen molar-refractivity contribution < 1.29 is 24.2 Å². The first-order valence-corrected chi connectivity index (χ1v) is 8.94. The molecule has 0 unspecified atom stereocenters. The van der Waals surface area contributed by atoms with Gasteiger partial charge in [0.15, 0.2) is 5.76 Å². The van der Waals surface area contributed by atoms with E-state index in [2.05, 4.69) is 0 Å². The monoisotopic (exact) mass is 358 g/mol. The average molecular weight is 358 g/mol. The van der Waals surface area contributed by atoms with Crippen LogP contribution >= 0.6 is 11.8 Å². The highest BCUT2D eigenvalue weighted by Crippen LogP contribution is 2.43. The van der Waals surface area contributed by atoms with E-state index in [1.165, 1.54) is 11.8 Å². The fourth-order valence-electron chi connectivity index (χ4n) is 2.74. The molecule has 0 saturated carbocycles. The standard InChI is InChI=1S/C19H18O5S/c1-23-12-5-6-13(15(20)10-12)18-19(25-2)14-9-11(4-8-17(21)22)3-7-16(14)24-18/h3,5-7,9-10,20H,4,8H2,1-2H3,(H,21,22). The molecule has 2 aromatic carbocycles. The largest absolute Gasteiger partial charge is 0.507 e. The summed E-state index contributed by atoms with van der Waals surface area (Å²) in [6, 6.07) is 10.7. The first-order valence-electron chi connectivity index (χ1n) is 7.72. The van der Waals surface area contributed by atoms with Crippen LogP contribution in [0.4, 0.5) is 0 Å². The summed E-state index contributed by atoms with van der Waals surface area (Å²) in [6.07, 6.45) is 2.50. The van der Waals surface area contributed by atoms with E-state index in [1.54, 1.807) is 25.3 Å². The Balaban J connectivity index is 2.08. The van der Waals surface area contributed by atoms with Crippen molar-refractivity contribution in [1.82, 2.24) is 0 Å². The van der Waals surface area contributed by atoms with Crippen LogP contribution in [0.2, 0.25) is 0 Å². The molecule has 3 rings (SSSR count). The average Bonchev–Trinajstić information content (AvgIpc) is 2.97. The molecule has 0 aliphatic heterocycles. The van der Waals surface area contributed by atoms with Crippen LogP contribution in [-0.4, -0.2) is 29.5 Å². The van der Waals surface area contributed by atoms with Gasteiger partial charge in [0.05, 0.1) is 17.6 Å². The molecule has 0 bridgehead atoms. The van der Waals surface area contributed by atoms with Crippen LogP contribution in [0.25, 0.3) is 22.3 Å². The molecule has 0 amide bonds. The summed E-state index contributed by atoms with van der Waals surface area (Å²) in [5.74, 6) is 0.429. The Morgan fingerprint density at radius 2 is 2.04 bits per heavy atom. The maximum atomic E-state index is 10.8. The molecule has 1 heterocycles. The molecule has 6 heteroatoms. The van der Waals surface area contributed by atoms with Gasteiger partial charge in [-0.2, -0.15) is 0 Å². The maximum Gasteiger partial charge on any atom is 0.303 e. The first kappa shape index (κ1) is 17.2. The number of furan rings is 1. The van der Waals surface area contributed by atoms with Crippen LogP contribution in [0, 0.1) is 0 Å². The Bertz CT molecular complexity index is 929. The van der Waals surface area contributed by atoms with Crippen LogP contribution in [0.5, 0.6) is 11.5 Å². The van der Waals surface area contributed by atoms with E-state index in [9.17, 15) is 9.90 Å². The molecule has 25 heavy (non-hydrogen) atoms. The number of ether oxygens (including phenoxy) is 1. The summed E-state index contributed by atoms with van der Waals surface area (Å²) in [6.45, 7) is 0. The van der Waals surface area contributed by atoms with Crippen molar-refractivity contribution in [2.45, 2.75) is 17.7 Å². The molecule has 0 radical (unpaired) electrons. The van der Waals surface area contributed by atoms with Gasteiger partial charge in [-0.05, 0) is 42.5 Å². The van der Waals surface area contributed by atoms with E-state index >= 15 is 0 Å². The first-order chi connectivity index (χ1) is 12.0. The SMILES string of the molecule is COc1ccc(-c2oc3ccc(CCC(=O)O)cc3c2SC)c(O)c1. The number of phenols is 1. The van der Waals surface area contributed by atoms with Gasteiger partial charge < -0.3 is 19.4 Å². The molecule has 0 aliphatic carbocycles. The summed E-state index contributed by atoms with van der Waals surface area (Å²) >= 11 is 1.53. The minimum Gasteiger partial charge on any atom is -0.507 e. The Morgan fingerprint density at radius 3 is 2.68 bits per heavy atom. The summed E-state index contributed by atoms with van der Waals surface area (Å²) < 4.78 is 11.1. The molecule has 0 atom stereocenters. The van der Waals surface area contributed by atoms with Gasteiger partial charge in [-0.25, -0.2) is 0 Å². The predicted octanol–water partition coefficient (Wildman–Crippen LogP) is 4.55. The number of carboxylic acid groups (broad SMARTS) is 1. The number of phenolic OH excluding ortho intramolecular Hbond substituents is 1. The summed E-state index contributed by atoms with van der Waals surface area (Å²) in [7, 11) is 1.54. The highest BCUT2D eigenvalue weighted by Gasteiger charge is 2.19. The normalized spacial score (nSPS) is 11.0. The Labute approximate surface area is 149 Å². The lowest BCUT2D eigenvalue weighted by Crippen LogP contribution is -1.97. The van der Waals surface area contributed by atoms with Gasteiger partial charge in [-0.1, -0.05) is 6.07 Å². The molecule has 130 valence electrons. The third-order valence-electron chi connectivity index (χ3n) is 3.99. The summed E-state index contributed by atoms with van der Waals surface area (Å²) in [5, 5.41) is 20.1. The zero-order valence-electron chi connectivity index (χ0n) is 13.9. The number of methoxy groups -OCH3 is 1. The number of aromatic hydroxyl groups is 1. The number of fused-ring (bicyclic) bond motifs is 1. The van der Waals surface area contributed by atoms with Crippen molar-refractivity contribution in [2.75, 3.05) is 13.4 Å². The molecule has 0 fully saturated rings. The fraction of sp³-hybridized carbons (Fsp3) is 0.211. The number of rotatable bonds is 6. The molecular weight excluding hydrogens is 340 g/mol. The van der Waals surface area contributed by atoms with Crippen molar-refractivity contribution in [3.8, 4) is 22.8 Å². The van der Waals surface area contributed by atoms with Crippen molar-refractivity contribution in [3.05, 3.63) is 42.0 Å². The molecule has 1 aromatic heterocycles. The lowest BCUT2D eigenvalue weighted by molar-refractivity contribution is -0.136. The molecule has 0 aliphatic rings. The molecule has 0 saturated heterocycles. The third-order valence-corrected chi connectivity index (χ3v) is 4.80. The van der Waals surface area contributed by atoms with E-state index in [0.717, 1.165) is 15.8 Å². The van der Waals surface area contributed by atoms with Gasteiger partial charge in [0.1, 0.15) is 17.1 Å². The smallest absolute Gasteiger partial charge is 0.303 e. The van der Waals surface area contributed by atoms with E-state index in [-0.39, 0.29) is 12.2 Å². The van der Waals surface area contributed by atoms with E-state index in [4.69, 9.17) is 14.3 Å².